The Labute approximate surface area is 175 Å². The minimum atomic E-state index is -0.586. The summed E-state index contributed by atoms with van der Waals surface area (Å²) in [4.78, 5) is 2.16. The number of nitrogens with zero attached hydrogens (tertiary/aromatic N) is 2. The largest absolute Gasteiger partial charge is 0.389 e. The molecule has 0 aliphatic rings. The summed E-state index contributed by atoms with van der Waals surface area (Å²) in [5.41, 5.74) is 3.97. The van der Waals surface area contributed by atoms with Gasteiger partial charge in [0.1, 0.15) is 6.61 Å². The van der Waals surface area contributed by atoms with Crippen molar-refractivity contribution in [3.8, 4) is 12.3 Å². The first-order chi connectivity index (χ1) is 13.8. The summed E-state index contributed by atoms with van der Waals surface area (Å²) in [5.74, 6) is 2.41. The molecule has 156 valence electrons. The van der Waals surface area contributed by atoms with Crippen LogP contribution in [0.4, 0.5) is 0 Å². The number of aromatic nitrogens is 1. The lowest BCUT2D eigenvalue weighted by Crippen LogP contribution is -2.35. The van der Waals surface area contributed by atoms with Crippen molar-refractivity contribution in [1.29, 1.82) is 0 Å². The fourth-order valence-corrected chi connectivity index (χ4v) is 3.27. The van der Waals surface area contributed by atoms with Gasteiger partial charge in [-0.1, -0.05) is 57.0 Å². The summed E-state index contributed by atoms with van der Waals surface area (Å²) in [7, 11) is 0. The van der Waals surface area contributed by atoms with Crippen molar-refractivity contribution in [3.63, 3.8) is 0 Å². The van der Waals surface area contributed by atoms with E-state index in [0.29, 0.717) is 13.1 Å². The van der Waals surface area contributed by atoms with Gasteiger partial charge in [-0.15, -0.1) is 13.0 Å². The summed E-state index contributed by atoms with van der Waals surface area (Å²) in [6, 6.07) is 13.0. The lowest BCUT2D eigenvalue weighted by Gasteiger charge is -2.24. The molecule has 1 aromatic carbocycles. The van der Waals surface area contributed by atoms with Crippen LogP contribution in [0.3, 0.4) is 0 Å². The van der Waals surface area contributed by atoms with Gasteiger partial charge in [0.15, 0.2) is 0 Å². The Kier molecular flexibility index (Phi) is 8.72. The van der Waals surface area contributed by atoms with Crippen LogP contribution in [0.15, 0.2) is 55.3 Å². The highest BCUT2D eigenvalue weighted by Crippen LogP contribution is 2.22. The van der Waals surface area contributed by atoms with Gasteiger partial charge in [-0.05, 0) is 28.7 Å². The summed E-state index contributed by atoms with van der Waals surface area (Å²) in [6.07, 6.45) is 8.55. The summed E-state index contributed by atoms with van der Waals surface area (Å²) in [5, 5.41) is 10.2. The number of rotatable bonds is 11. The first-order valence-corrected chi connectivity index (χ1v) is 10.1. The third-order valence-corrected chi connectivity index (χ3v) is 4.83. The van der Waals surface area contributed by atoms with Gasteiger partial charge in [-0.2, -0.15) is 0 Å². The Morgan fingerprint density at radius 2 is 2.00 bits per heavy atom. The molecule has 0 saturated heterocycles. The summed E-state index contributed by atoms with van der Waals surface area (Å²) in [6.45, 7) is 13.7. The first-order valence-electron chi connectivity index (χ1n) is 10.1. The van der Waals surface area contributed by atoms with Crippen LogP contribution in [0, 0.1) is 12.3 Å². The third-order valence-electron chi connectivity index (χ3n) is 4.83. The van der Waals surface area contributed by atoms with E-state index in [0.717, 1.165) is 13.1 Å². The molecule has 4 nitrogen and oxygen atoms in total. The van der Waals surface area contributed by atoms with E-state index < -0.39 is 6.10 Å². The smallest absolute Gasteiger partial charge is 0.107 e. The van der Waals surface area contributed by atoms with Crippen LogP contribution in [-0.2, 0) is 23.2 Å². The maximum Gasteiger partial charge on any atom is 0.107 e. The summed E-state index contributed by atoms with van der Waals surface area (Å²) >= 11 is 0. The highest BCUT2D eigenvalue weighted by molar-refractivity contribution is 5.28. The van der Waals surface area contributed by atoms with Crippen LogP contribution in [0.2, 0.25) is 0 Å². The van der Waals surface area contributed by atoms with Gasteiger partial charge >= 0.3 is 0 Å². The van der Waals surface area contributed by atoms with Crippen LogP contribution in [-0.4, -0.2) is 47.0 Å². The Bertz CT molecular complexity index is 793. The second-order valence-corrected chi connectivity index (χ2v) is 8.43. The molecule has 0 fully saturated rings. The quantitative estimate of drug-likeness (QED) is 0.358. The zero-order valence-corrected chi connectivity index (χ0v) is 18.0. The number of terminal acetylenes is 1. The number of benzene rings is 1. The van der Waals surface area contributed by atoms with E-state index in [1.807, 2.05) is 6.08 Å². The molecule has 0 aliphatic heterocycles. The SMILES string of the molecule is C#CCOC[C@H](O)CN(CC=C)Cc1cccn1Cc1ccc(C(C)(C)C)cc1. The fraction of sp³-hybridized carbons (Fsp3) is 0.440. The van der Waals surface area contributed by atoms with Crippen LogP contribution in [0.5, 0.6) is 0 Å². The second-order valence-electron chi connectivity index (χ2n) is 8.43. The number of ether oxygens (including phenoxy) is 1. The Morgan fingerprint density at radius 1 is 1.28 bits per heavy atom. The van der Waals surface area contributed by atoms with E-state index in [9.17, 15) is 5.11 Å². The van der Waals surface area contributed by atoms with E-state index in [-0.39, 0.29) is 18.6 Å². The molecule has 4 heteroatoms. The lowest BCUT2D eigenvalue weighted by molar-refractivity contribution is 0.0281. The molecule has 1 heterocycles. The molecular formula is C25H34N2O2. The predicted octanol–water partition coefficient (Wildman–Crippen LogP) is 3.83. The predicted molar refractivity (Wildman–Crippen MR) is 120 cm³/mol. The molecule has 2 rings (SSSR count). The van der Waals surface area contributed by atoms with Crippen molar-refractivity contribution in [2.24, 2.45) is 0 Å². The topological polar surface area (TPSA) is 37.6 Å². The van der Waals surface area contributed by atoms with Crippen molar-refractivity contribution in [3.05, 3.63) is 72.1 Å². The molecule has 1 aromatic heterocycles. The average molecular weight is 395 g/mol. The number of hydrogen-bond acceptors (Lipinski definition) is 3. The van der Waals surface area contributed by atoms with Crippen LogP contribution >= 0.6 is 0 Å². The molecule has 2 aromatic rings. The van der Waals surface area contributed by atoms with Gasteiger partial charge in [0.25, 0.3) is 0 Å². The number of aliphatic hydroxyl groups excluding tert-OH is 1. The van der Waals surface area contributed by atoms with E-state index in [1.165, 1.54) is 16.8 Å². The van der Waals surface area contributed by atoms with Crippen molar-refractivity contribution >= 4 is 0 Å². The van der Waals surface area contributed by atoms with E-state index in [4.69, 9.17) is 11.2 Å². The highest BCUT2D eigenvalue weighted by atomic mass is 16.5. The fourth-order valence-electron chi connectivity index (χ4n) is 3.27. The van der Waals surface area contributed by atoms with Gasteiger partial charge in [0.05, 0.1) is 12.7 Å². The van der Waals surface area contributed by atoms with Crippen LogP contribution < -0.4 is 0 Å². The highest BCUT2D eigenvalue weighted by Gasteiger charge is 2.15. The standard InChI is InChI=1S/C25H34N2O2/c1-6-14-26(19-24(28)20-29-16-7-2)18-23-9-8-15-27(23)17-21-10-12-22(13-11-21)25(3,4)5/h2,6,8-13,15,24,28H,1,14,16-20H2,3-5H3/t24-/m1/s1. The monoisotopic (exact) mass is 394 g/mol. The van der Waals surface area contributed by atoms with Gasteiger partial charge < -0.3 is 14.4 Å². The molecular weight excluding hydrogens is 360 g/mol. The molecule has 29 heavy (non-hydrogen) atoms. The Morgan fingerprint density at radius 3 is 2.62 bits per heavy atom. The summed E-state index contributed by atoms with van der Waals surface area (Å²) < 4.78 is 7.50. The van der Waals surface area contributed by atoms with E-state index in [2.05, 4.69) is 85.3 Å². The van der Waals surface area contributed by atoms with Crippen molar-refractivity contribution in [2.45, 2.75) is 45.4 Å². The van der Waals surface area contributed by atoms with Crippen LogP contribution in [0.25, 0.3) is 0 Å². The Balaban J connectivity index is 2.01. The minimum absolute atomic E-state index is 0.160. The average Bonchev–Trinajstić information content (AvgIpc) is 3.08. The number of hydrogen-bond donors (Lipinski definition) is 1. The van der Waals surface area contributed by atoms with Crippen molar-refractivity contribution < 1.29 is 9.84 Å². The molecule has 0 amide bonds. The maximum absolute atomic E-state index is 10.2. The van der Waals surface area contributed by atoms with Crippen LogP contribution in [0.1, 0.15) is 37.6 Å². The molecule has 0 spiro atoms. The molecule has 0 aliphatic carbocycles. The minimum Gasteiger partial charge on any atom is -0.389 e. The Hall–Kier alpha value is -2.32. The van der Waals surface area contributed by atoms with Crippen molar-refractivity contribution in [2.75, 3.05) is 26.3 Å². The first kappa shape index (κ1) is 23.0. The van der Waals surface area contributed by atoms with Gasteiger partial charge in [0, 0.05) is 38.1 Å². The van der Waals surface area contributed by atoms with Gasteiger partial charge in [0.2, 0.25) is 0 Å². The third kappa shape index (κ3) is 7.55. The molecule has 1 N–H and O–H groups in total. The normalized spacial score (nSPS) is 12.7. The second kappa shape index (κ2) is 11.0. The molecule has 1 atom stereocenters. The molecule has 0 saturated carbocycles. The number of aliphatic hydroxyl groups is 1. The van der Waals surface area contributed by atoms with Gasteiger partial charge in [-0.25, -0.2) is 0 Å². The van der Waals surface area contributed by atoms with E-state index in [1.54, 1.807) is 0 Å². The lowest BCUT2D eigenvalue weighted by atomic mass is 9.87. The van der Waals surface area contributed by atoms with Gasteiger partial charge in [-0.3, -0.25) is 4.90 Å². The van der Waals surface area contributed by atoms with Crippen molar-refractivity contribution in [1.82, 2.24) is 9.47 Å². The molecule has 0 unspecified atom stereocenters. The zero-order valence-electron chi connectivity index (χ0n) is 18.0. The molecule has 0 bridgehead atoms. The molecule has 0 radical (unpaired) electrons. The zero-order chi connectivity index (χ0) is 21.3. The maximum atomic E-state index is 10.2. The van der Waals surface area contributed by atoms with E-state index >= 15 is 0 Å².